The predicted octanol–water partition coefficient (Wildman–Crippen LogP) is 4.87. The molecule has 182 valence electrons. The number of hydrogen-bond donors (Lipinski definition) is 1. The van der Waals surface area contributed by atoms with Crippen LogP contribution in [0.2, 0.25) is 0 Å². The maximum Gasteiger partial charge on any atom is 0.160 e. The number of nitrogens with one attached hydrogen (secondary N) is 1. The number of para-hydroxylation sites is 2. The molecule has 1 aliphatic carbocycles. The molecule has 1 aliphatic heterocycles. The van der Waals surface area contributed by atoms with Gasteiger partial charge in [-0.1, -0.05) is 19.1 Å². The molecule has 6 rings (SSSR count). The number of hydrogen-bond acceptors (Lipinski definition) is 7. The van der Waals surface area contributed by atoms with Crippen LogP contribution in [0.3, 0.4) is 0 Å². The van der Waals surface area contributed by atoms with E-state index < -0.39 is 0 Å². The molecule has 2 aliphatic rings. The molecule has 2 fully saturated rings. The van der Waals surface area contributed by atoms with Crippen LogP contribution in [0, 0.1) is 0 Å². The van der Waals surface area contributed by atoms with Gasteiger partial charge in [-0.3, -0.25) is 0 Å². The summed E-state index contributed by atoms with van der Waals surface area (Å²) in [5.41, 5.74) is 5.26. The van der Waals surface area contributed by atoms with Crippen LogP contribution < -0.4 is 10.2 Å². The Morgan fingerprint density at radius 3 is 2.43 bits per heavy atom. The second-order valence-corrected chi connectivity index (χ2v) is 9.71. The van der Waals surface area contributed by atoms with E-state index in [4.69, 9.17) is 24.8 Å². The lowest BCUT2D eigenvalue weighted by Gasteiger charge is -2.29. The first kappa shape index (κ1) is 22.2. The second-order valence-electron chi connectivity index (χ2n) is 9.71. The minimum atomic E-state index is 0.376. The lowest BCUT2D eigenvalue weighted by Crippen LogP contribution is -2.30. The molecule has 1 N–H and O–H groups in total. The highest BCUT2D eigenvalue weighted by molar-refractivity contribution is 5.78. The number of fused-ring (bicyclic) bond motifs is 2. The molecule has 3 aromatic heterocycles. The fourth-order valence-electron chi connectivity index (χ4n) is 5.43. The van der Waals surface area contributed by atoms with Crippen molar-refractivity contribution in [2.45, 2.75) is 64.0 Å². The van der Waals surface area contributed by atoms with Gasteiger partial charge in [0.25, 0.3) is 0 Å². The van der Waals surface area contributed by atoms with E-state index >= 15 is 0 Å². The summed E-state index contributed by atoms with van der Waals surface area (Å²) in [6.45, 7) is 4.22. The zero-order chi connectivity index (χ0) is 23.8. The molecule has 0 bridgehead atoms. The van der Waals surface area contributed by atoms with Crippen LogP contribution in [0.15, 0.2) is 36.4 Å². The molecule has 0 radical (unpaired) electrons. The smallest absolute Gasteiger partial charge is 0.160 e. The lowest BCUT2D eigenvalue weighted by molar-refractivity contribution is 0.0681. The summed E-state index contributed by atoms with van der Waals surface area (Å²) in [5, 5.41) is 8.81. The summed E-state index contributed by atoms with van der Waals surface area (Å²) in [4.78, 5) is 17.2. The molecule has 1 saturated heterocycles. The Bertz CT molecular complexity index is 1340. The molecular formula is C27H33N7O. The molecule has 1 saturated carbocycles. The van der Waals surface area contributed by atoms with Gasteiger partial charge < -0.3 is 15.0 Å². The van der Waals surface area contributed by atoms with Crippen molar-refractivity contribution >= 4 is 28.3 Å². The van der Waals surface area contributed by atoms with Crippen molar-refractivity contribution in [1.29, 1.82) is 0 Å². The Balaban J connectivity index is 1.42. The van der Waals surface area contributed by atoms with Gasteiger partial charge in [-0.2, -0.15) is 9.61 Å². The van der Waals surface area contributed by atoms with E-state index in [9.17, 15) is 0 Å². The molecule has 4 aromatic rings. The lowest BCUT2D eigenvalue weighted by atomic mass is 9.93. The van der Waals surface area contributed by atoms with Gasteiger partial charge in [0.05, 0.1) is 22.8 Å². The number of aryl methyl sites for hydroxylation is 1. The van der Waals surface area contributed by atoms with Crippen LogP contribution in [0.25, 0.3) is 28.1 Å². The first-order valence-electron chi connectivity index (χ1n) is 12.9. The number of rotatable bonds is 6. The van der Waals surface area contributed by atoms with Gasteiger partial charge >= 0.3 is 0 Å². The minimum Gasteiger partial charge on any atom is -0.381 e. The Hall–Kier alpha value is -3.26. The molecule has 0 amide bonds. The highest BCUT2D eigenvalue weighted by atomic mass is 16.5. The van der Waals surface area contributed by atoms with Gasteiger partial charge in [0, 0.05) is 38.4 Å². The van der Waals surface area contributed by atoms with E-state index in [1.54, 1.807) is 0 Å². The summed E-state index contributed by atoms with van der Waals surface area (Å²) >= 11 is 0. The van der Waals surface area contributed by atoms with Crippen LogP contribution in [0.1, 0.15) is 51.1 Å². The molecule has 0 unspecified atom stereocenters. The average molecular weight is 472 g/mol. The predicted molar refractivity (Wildman–Crippen MR) is 139 cm³/mol. The van der Waals surface area contributed by atoms with Gasteiger partial charge in [-0.25, -0.2) is 15.0 Å². The fraction of sp³-hybridized carbons (Fsp3) is 0.481. The van der Waals surface area contributed by atoms with Crippen molar-refractivity contribution in [3.05, 3.63) is 42.1 Å². The Morgan fingerprint density at radius 1 is 0.971 bits per heavy atom. The van der Waals surface area contributed by atoms with Crippen LogP contribution in [0.5, 0.6) is 0 Å². The van der Waals surface area contributed by atoms with Crippen molar-refractivity contribution < 1.29 is 4.74 Å². The van der Waals surface area contributed by atoms with Crippen LogP contribution in [0.4, 0.5) is 11.6 Å². The normalized spacial score (nSPS) is 20.7. The molecule has 35 heavy (non-hydrogen) atoms. The maximum absolute atomic E-state index is 5.58. The summed E-state index contributed by atoms with van der Waals surface area (Å²) < 4.78 is 7.53. The Kier molecular flexibility index (Phi) is 5.98. The molecule has 8 heteroatoms. The zero-order valence-corrected chi connectivity index (χ0v) is 20.6. The van der Waals surface area contributed by atoms with Crippen LogP contribution in [-0.2, 0) is 11.2 Å². The Morgan fingerprint density at radius 2 is 1.71 bits per heavy atom. The van der Waals surface area contributed by atoms with E-state index in [0.717, 1.165) is 90.6 Å². The molecule has 0 spiro atoms. The first-order chi connectivity index (χ1) is 17.2. The highest BCUT2D eigenvalue weighted by Crippen LogP contribution is 2.30. The molecule has 8 nitrogen and oxygen atoms in total. The topological polar surface area (TPSA) is 80.5 Å². The Labute approximate surface area is 205 Å². The van der Waals surface area contributed by atoms with Gasteiger partial charge in [-0.05, 0) is 57.1 Å². The van der Waals surface area contributed by atoms with Crippen LogP contribution in [-0.4, -0.2) is 56.9 Å². The molecule has 4 heterocycles. The molecular weight excluding hydrogens is 438 g/mol. The third-order valence-corrected chi connectivity index (χ3v) is 7.42. The number of methoxy groups -OCH3 is 1. The SMILES string of the molecule is CCc1nc2ccccc2nc1-c1cc2nc(N3CCCC3)cc(N[C@H]3CC[C@H](OC)CC3)n2n1. The quantitative estimate of drug-likeness (QED) is 0.430. The number of anilines is 2. The summed E-state index contributed by atoms with van der Waals surface area (Å²) in [7, 11) is 1.82. The second kappa shape index (κ2) is 9.41. The zero-order valence-electron chi connectivity index (χ0n) is 20.6. The van der Waals surface area contributed by atoms with Crippen molar-refractivity contribution in [2.75, 3.05) is 30.4 Å². The number of benzene rings is 1. The minimum absolute atomic E-state index is 0.376. The summed E-state index contributed by atoms with van der Waals surface area (Å²) in [6.07, 6.45) is 7.94. The van der Waals surface area contributed by atoms with Gasteiger partial charge in [0.2, 0.25) is 0 Å². The standard InChI is InChI=1S/C27H33N7O/c1-3-20-27(30-22-9-5-4-8-21(22)29-20)23-16-25-31-24(33-14-6-7-15-33)17-26(34(25)32-23)28-18-10-12-19(35-2)13-11-18/h4-5,8-9,16-19,28H,3,6-7,10-15H2,1-2H3/t18-,19-. The monoisotopic (exact) mass is 471 g/mol. The third-order valence-electron chi connectivity index (χ3n) is 7.42. The van der Waals surface area contributed by atoms with E-state index in [2.05, 4.69) is 29.3 Å². The van der Waals surface area contributed by atoms with Crippen molar-refractivity contribution in [1.82, 2.24) is 24.6 Å². The van der Waals surface area contributed by atoms with Gasteiger partial charge in [0.15, 0.2) is 5.65 Å². The summed E-state index contributed by atoms with van der Waals surface area (Å²) in [5.74, 6) is 2.02. The van der Waals surface area contributed by atoms with Crippen molar-refractivity contribution in [2.24, 2.45) is 0 Å². The first-order valence-corrected chi connectivity index (χ1v) is 12.9. The molecule has 0 atom stereocenters. The van der Waals surface area contributed by atoms with Gasteiger partial charge in [-0.15, -0.1) is 0 Å². The third kappa shape index (κ3) is 4.31. The number of nitrogens with zero attached hydrogens (tertiary/aromatic N) is 6. The van der Waals surface area contributed by atoms with E-state index in [0.29, 0.717) is 12.1 Å². The van der Waals surface area contributed by atoms with E-state index in [-0.39, 0.29) is 0 Å². The summed E-state index contributed by atoms with van der Waals surface area (Å²) in [6, 6.07) is 12.7. The van der Waals surface area contributed by atoms with Crippen molar-refractivity contribution in [3.63, 3.8) is 0 Å². The largest absolute Gasteiger partial charge is 0.381 e. The molecule has 1 aromatic carbocycles. The van der Waals surface area contributed by atoms with E-state index in [1.807, 2.05) is 35.9 Å². The van der Waals surface area contributed by atoms with E-state index in [1.165, 1.54) is 12.8 Å². The van der Waals surface area contributed by atoms with Crippen LogP contribution >= 0.6 is 0 Å². The fourth-order valence-corrected chi connectivity index (χ4v) is 5.43. The maximum atomic E-state index is 5.58. The highest BCUT2D eigenvalue weighted by Gasteiger charge is 2.24. The average Bonchev–Trinajstić information content (AvgIpc) is 3.59. The number of aromatic nitrogens is 5. The van der Waals surface area contributed by atoms with Crippen molar-refractivity contribution in [3.8, 4) is 11.4 Å². The number of ether oxygens (including phenoxy) is 1. The van der Waals surface area contributed by atoms with Gasteiger partial charge in [0.1, 0.15) is 23.0 Å².